The number of ether oxygens (including phenoxy) is 2. The molecule has 0 spiro atoms. The molecule has 2 aliphatic rings. The van der Waals surface area contributed by atoms with Gasteiger partial charge >= 0.3 is 0 Å². The molecule has 0 aromatic carbocycles. The van der Waals surface area contributed by atoms with Gasteiger partial charge in [0.2, 0.25) is 5.88 Å². The molecule has 0 aliphatic heterocycles. The number of aliphatic hydroxyl groups is 1. The van der Waals surface area contributed by atoms with Crippen molar-refractivity contribution >= 4 is 21.6 Å². The first-order valence-corrected chi connectivity index (χ1v) is 10.8. The predicted octanol–water partition coefficient (Wildman–Crippen LogP) is 3.33. The van der Waals surface area contributed by atoms with Gasteiger partial charge in [0, 0.05) is 23.4 Å². The monoisotopic (exact) mass is 391 g/mol. The average Bonchev–Trinajstić information content (AvgIpc) is 3.21. The summed E-state index contributed by atoms with van der Waals surface area (Å²) in [5.74, 6) is 0.660. The molecule has 148 valence electrons. The SMILES string of the molecule is CCOC(O)C1CCc2sc3ncnc(O[C@H]4CC[C@H](N(C)C)CC4)c3c21. The van der Waals surface area contributed by atoms with Gasteiger partial charge in [-0.2, -0.15) is 0 Å². The summed E-state index contributed by atoms with van der Waals surface area (Å²) < 4.78 is 11.9. The second kappa shape index (κ2) is 7.99. The van der Waals surface area contributed by atoms with Crippen LogP contribution in [0.5, 0.6) is 5.88 Å². The van der Waals surface area contributed by atoms with E-state index in [-0.39, 0.29) is 12.0 Å². The van der Waals surface area contributed by atoms with Crippen molar-refractivity contribution in [2.75, 3.05) is 20.7 Å². The lowest BCUT2D eigenvalue weighted by atomic mass is 9.92. The van der Waals surface area contributed by atoms with E-state index in [9.17, 15) is 5.11 Å². The van der Waals surface area contributed by atoms with Crippen LogP contribution in [0.15, 0.2) is 6.33 Å². The third kappa shape index (κ3) is 3.70. The third-order valence-electron chi connectivity index (χ3n) is 5.95. The van der Waals surface area contributed by atoms with Crippen molar-refractivity contribution < 1.29 is 14.6 Å². The molecule has 2 unspecified atom stereocenters. The van der Waals surface area contributed by atoms with Crippen molar-refractivity contribution in [1.29, 1.82) is 0 Å². The zero-order valence-electron chi connectivity index (χ0n) is 16.4. The molecule has 2 aliphatic carbocycles. The zero-order valence-corrected chi connectivity index (χ0v) is 17.2. The minimum atomic E-state index is -0.780. The number of aliphatic hydroxyl groups excluding tert-OH is 1. The van der Waals surface area contributed by atoms with Crippen LogP contribution in [0.25, 0.3) is 10.2 Å². The number of hydrogen-bond donors (Lipinski definition) is 1. The van der Waals surface area contributed by atoms with Crippen molar-refractivity contribution in [3.63, 3.8) is 0 Å². The lowest BCUT2D eigenvalue weighted by Gasteiger charge is -2.32. The molecule has 27 heavy (non-hydrogen) atoms. The molecule has 1 saturated carbocycles. The molecule has 2 heterocycles. The summed E-state index contributed by atoms with van der Waals surface area (Å²) in [4.78, 5) is 13.5. The quantitative estimate of drug-likeness (QED) is 0.762. The van der Waals surface area contributed by atoms with E-state index >= 15 is 0 Å². The van der Waals surface area contributed by atoms with Gasteiger partial charge in [-0.1, -0.05) is 0 Å². The van der Waals surface area contributed by atoms with Crippen LogP contribution in [-0.2, 0) is 11.2 Å². The van der Waals surface area contributed by atoms with E-state index in [2.05, 4.69) is 29.0 Å². The number of thiophene rings is 1. The highest BCUT2D eigenvalue weighted by Crippen LogP contribution is 2.47. The molecular formula is C20H29N3O3S. The Balaban J connectivity index is 1.59. The maximum Gasteiger partial charge on any atom is 0.225 e. The smallest absolute Gasteiger partial charge is 0.225 e. The van der Waals surface area contributed by atoms with Gasteiger partial charge < -0.3 is 19.5 Å². The number of hydrogen-bond acceptors (Lipinski definition) is 7. The van der Waals surface area contributed by atoms with Crippen molar-refractivity contribution in [2.45, 2.75) is 69.8 Å². The highest BCUT2D eigenvalue weighted by Gasteiger charge is 2.35. The van der Waals surface area contributed by atoms with Gasteiger partial charge in [0.1, 0.15) is 17.3 Å². The Morgan fingerprint density at radius 1 is 1.22 bits per heavy atom. The van der Waals surface area contributed by atoms with Gasteiger partial charge in [0.15, 0.2) is 6.29 Å². The molecule has 0 saturated heterocycles. The highest BCUT2D eigenvalue weighted by molar-refractivity contribution is 7.19. The van der Waals surface area contributed by atoms with Crippen LogP contribution in [0.3, 0.4) is 0 Å². The van der Waals surface area contributed by atoms with E-state index < -0.39 is 6.29 Å². The maximum absolute atomic E-state index is 10.5. The first-order chi connectivity index (χ1) is 13.1. The van der Waals surface area contributed by atoms with E-state index in [4.69, 9.17) is 9.47 Å². The molecule has 0 amide bonds. The third-order valence-corrected chi connectivity index (χ3v) is 7.13. The fraction of sp³-hybridized carbons (Fsp3) is 0.700. The van der Waals surface area contributed by atoms with Crippen molar-refractivity contribution in [3.05, 3.63) is 16.8 Å². The zero-order chi connectivity index (χ0) is 19.0. The highest BCUT2D eigenvalue weighted by atomic mass is 32.1. The number of fused-ring (bicyclic) bond motifs is 3. The normalized spacial score (nSPS) is 26.5. The van der Waals surface area contributed by atoms with Crippen LogP contribution in [0, 0.1) is 0 Å². The van der Waals surface area contributed by atoms with E-state index in [1.807, 2.05) is 6.92 Å². The van der Waals surface area contributed by atoms with E-state index in [1.165, 1.54) is 4.88 Å². The Bertz CT molecular complexity index is 786. The Morgan fingerprint density at radius 2 is 2.00 bits per heavy atom. The standard InChI is InChI=1S/C20H29N3O3S/c1-4-25-20(24)14-9-10-15-16(14)17-18(21-11-22-19(17)27-15)26-13-7-5-12(6-8-13)23(2)3/h11-14,20,24H,4-10H2,1-3H3/t12-,13-,14?,20?. The van der Waals surface area contributed by atoms with Crippen LogP contribution in [-0.4, -0.2) is 59.1 Å². The van der Waals surface area contributed by atoms with Gasteiger partial charge in [0.05, 0.1) is 5.39 Å². The molecule has 4 rings (SSSR count). The molecule has 6 nitrogen and oxygen atoms in total. The summed E-state index contributed by atoms with van der Waals surface area (Å²) in [6.07, 6.45) is 7.28. The fourth-order valence-corrected chi connectivity index (χ4v) is 5.70. The second-order valence-electron chi connectivity index (χ2n) is 7.80. The molecular weight excluding hydrogens is 362 g/mol. The van der Waals surface area contributed by atoms with E-state index in [0.29, 0.717) is 18.5 Å². The van der Waals surface area contributed by atoms with Crippen molar-refractivity contribution in [1.82, 2.24) is 14.9 Å². The average molecular weight is 392 g/mol. The number of nitrogens with zero attached hydrogens (tertiary/aromatic N) is 3. The Kier molecular flexibility index (Phi) is 5.64. The minimum Gasteiger partial charge on any atom is -0.474 e. The number of aryl methyl sites for hydroxylation is 1. The number of rotatable bonds is 6. The minimum absolute atomic E-state index is 0.0217. The van der Waals surface area contributed by atoms with Gasteiger partial charge in [-0.15, -0.1) is 11.3 Å². The van der Waals surface area contributed by atoms with Crippen molar-refractivity contribution in [2.24, 2.45) is 0 Å². The second-order valence-corrected chi connectivity index (χ2v) is 8.88. The molecule has 7 heteroatoms. The topological polar surface area (TPSA) is 67.7 Å². The first kappa shape index (κ1) is 19.1. The number of aromatic nitrogens is 2. The first-order valence-electron chi connectivity index (χ1n) is 9.97. The predicted molar refractivity (Wildman–Crippen MR) is 106 cm³/mol. The molecule has 2 aromatic rings. The van der Waals surface area contributed by atoms with Gasteiger partial charge in [-0.05, 0) is 65.1 Å². The molecule has 0 bridgehead atoms. The Hall–Kier alpha value is -1.28. The molecule has 1 N–H and O–H groups in total. The van der Waals surface area contributed by atoms with Crippen LogP contribution in [0.2, 0.25) is 0 Å². The van der Waals surface area contributed by atoms with E-state index in [0.717, 1.165) is 54.3 Å². The van der Waals surface area contributed by atoms with Gasteiger partial charge in [-0.3, -0.25) is 0 Å². The Morgan fingerprint density at radius 3 is 2.70 bits per heavy atom. The summed E-state index contributed by atoms with van der Waals surface area (Å²) >= 11 is 1.70. The summed E-state index contributed by atoms with van der Waals surface area (Å²) in [7, 11) is 4.30. The fourth-order valence-electron chi connectivity index (χ4n) is 4.48. The van der Waals surface area contributed by atoms with Gasteiger partial charge in [-0.25, -0.2) is 9.97 Å². The Labute approximate surface area is 164 Å². The van der Waals surface area contributed by atoms with Crippen molar-refractivity contribution in [3.8, 4) is 5.88 Å². The van der Waals surface area contributed by atoms with Gasteiger partial charge in [0.25, 0.3) is 0 Å². The van der Waals surface area contributed by atoms with E-state index in [1.54, 1.807) is 17.7 Å². The molecule has 0 radical (unpaired) electrons. The lowest BCUT2D eigenvalue weighted by Crippen LogP contribution is -2.35. The molecule has 2 atom stereocenters. The van der Waals surface area contributed by atoms with Crippen LogP contribution in [0.1, 0.15) is 55.4 Å². The van der Waals surface area contributed by atoms with Crippen LogP contribution < -0.4 is 4.74 Å². The van der Waals surface area contributed by atoms with Crippen LogP contribution in [0.4, 0.5) is 0 Å². The largest absolute Gasteiger partial charge is 0.474 e. The molecule has 1 fully saturated rings. The van der Waals surface area contributed by atoms with Crippen LogP contribution >= 0.6 is 11.3 Å². The summed E-state index contributed by atoms with van der Waals surface area (Å²) in [6, 6.07) is 0.645. The molecule has 2 aromatic heterocycles. The lowest BCUT2D eigenvalue weighted by molar-refractivity contribution is -0.110. The summed E-state index contributed by atoms with van der Waals surface area (Å²) in [5, 5.41) is 11.5. The maximum atomic E-state index is 10.5. The summed E-state index contributed by atoms with van der Waals surface area (Å²) in [6.45, 7) is 2.41. The summed E-state index contributed by atoms with van der Waals surface area (Å²) in [5.41, 5.74) is 1.15.